The number of carbonyl (C=O) groups is 1. The normalized spacial score (nSPS) is 13.5. The van der Waals surface area contributed by atoms with E-state index in [-0.39, 0.29) is 23.2 Å². The maximum atomic E-state index is 13.5. The zero-order valence-electron chi connectivity index (χ0n) is 22.5. The highest BCUT2D eigenvalue weighted by atomic mass is 35.5. The Morgan fingerprint density at radius 1 is 0.976 bits per heavy atom. The Bertz CT molecular complexity index is 1780. The second kappa shape index (κ2) is 11.9. The average molecular weight is 625 g/mol. The number of sulfonamides is 1. The van der Waals surface area contributed by atoms with Crippen molar-refractivity contribution in [2.75, 3.05) is 16.6 Å². The molecule has 2 aromatic heterocycles. The first kappa shape index (κ1) is 29.2. The highest BCUT2D eigenvalue weighted by Gasteiger charge is 2.29. The number of thiazole rings is 1. The molecule has 0 unspecified atom stereocenters. The minimum Gasteiger partial charge on any atom is -0.313 e. The Morgan fingerprint density at radius 3 is 2.49 bits per heavy atom. The molecule has 1 amide bonds. The first-order valence-electron chi connectivity index (χ1n) is 13.0. The molecule has 0 saturated carbocycles. The third-order valence-corrected chi connectivity index (χ3v) is 10.6. The summed E-state index contributed by atoms with van der Waals surface area (Å²) in [5.41, 5.74) is 3.87. The van der Waals surface area contributed by atoms with E-state index in [2.05, 4.69) is 34.9 Å². The van der Waals surface area contributed by atoms with Gasteiger partial charge in [-0.1, -0.05) is 36.4 Å². The molecule has 2 N–H and O–H groups in total. The van der Waals surface area contributed by atoms with Crippen LogP contribution in [0.1, 0.15) is 34.6 Å². The van der Waals surface area contributed by atoms with Crippen LogP contribution in [0.3, 0.4) is 0 Å². The van der Waals surface area contributed by atoms with Crippen molar-refractivity contribution in [2.24, 2.45) is 0 Å². The van der Waals surface area contributed by atoms with E-state index < -0.39 is 10.0 Å². The van der Waals surface area contributed by atoms with Crippen molar-refractivity contribution in [1.82, 2.24) is 9.88 Å². The number of halogens is 1. The minimum atomic E-state index is -3.78. The van der Waals surface area contributed by atoms with Crippen molar-refractivity contribution >= 4 is 71.9 Å². The van der Waals surface area contributed by atoms with Gasteiger partial charge in [-0.25, -0.2) is 13.4 Å². The summed E-state index contributed by atoms with van der Waals surface area (Å²) in [5.74, 6) is -0.303. The standard InChI is InChI=1S/C30H28N4O3S3.ClH/c1-19(2)34-16-15-23-26(18-34)39-30(27(23)29-31-24-13-6-7-14-25(24)38-29)32-28(35)20-9-8-10-21(17-20)33-40(36,37)22-11-4-3-5-12-22;/h3-14,17,19,33H,15-16,18H2,1-2H3,(H,32,35);1H. The highest BCUT2D eigenvalue weighted by molar-refractivity contribution is 7.92. The molecule has 0 atom stereocenters. The maximum Gasteiger partial charge on any atom is 0.261 e. The summed E-state index contributed by atoms with van der Waals surface area (Å²) in [7, 11) is -3.78. The SMILES string of the molecule is CC(C)N1CCc2c(sc(NC(=O)c3cccc(NS(=O)(=O)c4ccccc4)c3)c2-c2nc3ccccc3s2)C1.Cl. The van der Waals surface area contributed by atoms with Crippen LogP contribution in [-0.2, 0) is 23.0 Å². The third kappa shape index (κ3) is 6.02. The second-order valence-electron chi connectivity index (χ2n) is 9.96. The lowest BCUT2D eigenvalue weighted by Gasteiger charge is -2.30. The molecule has 1 aliphatic heterocycles. The van der Waals surface area contributed by atoms with Gasteiger partial charge in [0.15, 0.2) is 0 Å². The first-order valence-corrected chi connectivity index (χ1v) is 16.1. The van der Waals surface area contributed by atoms with Crippen molar-refractivity contribution < 1.29 is 13.2 Å². The van der Waals surface area contributed by atoms with Gasteiger partial charge in [-0.15, -0.1) is 35.1 Å². The van der Waals surface area contributed by atoms with Gasteiger partial charge in [0.1, 0.15) is 10.0 Å². The molecule has 0 radical (unpaired) electrons. The van der Waals surface area contributed by atoms with E-state index in [4.69, 9.17) is 4.98 Å². The molecule has 0 fully saturated rings. The summed E-state index contributed by atoms with van der Waals surface area (Å²) >= 11 is 3.24. The Balaban J connectivity index is 0.00000337. The lowest BCUT2D eigenvalue weighted by molar-refractivity contribution is 0.102. The van der Waals surface area contributed by atoms with Gasteiger partial charge in [0.25, 0.3) is 15.9 Å². The number of nitrogens with one attached hydrogen (secondary N) is 2. The fourth-order valence-electron chi connectivity index (χ4n) is 4.87. The summed E-state index contributed by atoms with van der Waals surface area (Å²) < 4.78 is 29.3. The van der Waals surface area contributed by atoms with Gasteiger partial charge in [0.05, 0.1) is 15.1 Å². The van der Waals surface area contributed by atoms with Crippen LogP contribution in [0.5, 0.6) is 0 Å². The molecule has 7 nitrogen and oxygen atoms in total. The number of carbonyl (C=O) groups excluding carboxylic acids is 1. The number of amides is 1. The highest BCUT2D eigenvalue weighted by Crippen LogP contribution is 2.46. The largest absolute Gasteiger partial charge is 0.313 e. The number of rotatable bonds is 7. The summed E-state index contributed by atoms with van der Waals surface area (Å²) in [6.45, 7) is 6.20. The van der Waals surface area contributed by atoms with Crippen molar-refractivity contribution in [2.45, 2.75) is 37.8 Å². The van der Waals surface area contributed by atoms with Crippen molar-refractivity contribution in [3.8, 4) is 10.6 Å². The number of nitrogens with zero attached hydrogens (tertiary/aromatic N) is 2. The molecule has 0 saturated heterocycles. The number of thiophene rings is 1. The van der Waals surface area contributed by atoms with Crippen molar-refractivity contribution in [3.63, 3.8) is 0 Å². The first-order chi connectivity index (χ1) is 19.3. The lowest BCUT2D eigenvalue weighted by atomic mass is 10.0. The number of aromatic nitrogens is 1. The number of hydrogen-bond acceptors (Lipinski definition) is 7. The van der Waals surface area contributed by atoms with Crippen LogP contribution in [0.2, 0.25) is 0 Å². The Kier molecular flexibility index (Phi) is 8.49. The summed E-state index contributed by atoms with van der Waals surface area (Å²) in [6.07, 6.45) is 0.891. The monoisotopic (exact) mass is 624 g/mol. The Morgan fingerprint density at radius 2 is 1.73 bits per heavy atom. The number of para-hydroxylation sites is 1. The molecule has 11 heteroatoms. The molecule has 0 bridgehead atoms. The van der Waals surface area contributed by atoms with Crippen LogP contribution >= 0.6 is 35.1 Å². The van der Waals surface area contributed by atoms with Gasteiger partial charge in [0.2, 0.25) is 0 Å². The fraction of sp³-hybridized carbons (Fsp3) is 0.200. The van der Waals surface area contributed by atoms with Crippen LogP contribution < -0.4 is 10.0 Å². The zero-order chi connectivity index (χ0) is 27.9. The average Bonchev–Trinajstić information content (AvgIpc) is 3.53. The topological polar surface area (TPSA) is 91.4 Å². The molecule has 0 spiro atoms. The van der Waals surface area contributed by atoms with E-state index in [1.54, 1.807) is 65.1 Å². The van der Waals surface area contributed by atoms with Gasteiger partial charge >= 0.3 is 0 Å². The van der Waals surface area contributed by atoms with Gasteiger partial charge < -0.3 is 5.32 Å². The maximum absolute atomic E-state index is 13.5. The van der Waals surface area contributed by atoms with Crippen LogP contribution in [0.25, 0.3) is 20.8 Å². The van der Waals surface area contributed by atoms with Crippen LogP contribution in [0, 0.1) is 0 Å². The molecule has 3 heterocycles. The Labute approximate surface area is 253 Å². The third-order valence-electron chi connectivity index (χ3n) is 6.98. The quantitative estimate of drug-likeness (QED) is 0.199. The van der Waals surface area contributed by atoms with Crippen molar-refractivity contribution in [1.29, 1.82) is 0 Å². The Hall–Kier alpha value is -3.28. The van der Waals surface area contributed by atoms with E-state index in [1.807, 2.05) is 18.2 Å². The molecular formula is C30H29ClN4O3S3. The molecule has 41 heavy (non-hydrogen) atoms. The van der Waals surface area contributed by atoms with Crippen LogP contribution in [-0.4, -0.2) is 36.8 Å². The molecular weight excluding hydrogens is 596 g/mol. The number of fused-ring (bicyclic) bond motifs is 2. The molecule has 6 rings (SSSR count). The summed E-state index contributed by atoms with van der Waals surface area (Å²) in [6, 6.07) is 23.2. The number of anilines is 2. The number of hydrogen-bond donors (Lipinski definition) is 2. The second-order valence-corrected chi connectivity index (χ2v) is 13.8. The molecule has 212 valence electrons. The van der Waals surface area contributed by atoms with Crippen LogP contribution in [0.15, 0.2) is 83.8 Å². The van der Waals surface area contributed by atoms with Gasteiger partial charge in [-0.05, 0) is 68.3 Å². The predicted molar refractivity (Wildman–Crippen MR) is 171 cm³/mol. The van der Waals surface area contributed by atoms with Gasteiger partial charge in [0, 0.05) is 40.8 Å². The molecule has 1 aliphatic rings. The van der Waals surface area contributed by atoms with Crippen molar-refractivity contribution in [3.05, 3.63) is 94.9 Å². The molecule has 3 aromatic carbocycles. The summed E-state index contributed by atoms with van der Waals surface area (Å²) in [5, 5.41) is 4.82. The van der Waals surface area contributed by atoms with E-state index in [9.17, 15) is 13.2 Å². The number of benzene rings is 3. The van der Waals surface area contributed by atoms with E-state index in [0.717, 1.165) is 45.3 Å². The van der Waals surface area contributed by atoms with Gasteiger partial charge in [-0.3, -0.25) is 14.4 Å². The van der Waals surface area contributed by atoms with Crippen LogP contribution in [0.4, 0.5) is 10.7 Å². The minimum absolute atomic E-state index is 0. The zero-order valence-corrected chi connectivity index (χ0v) is 25.7. The molecule has 0 aliphatic carbocycles. The van der Waals surface area contributed by atoms with E-state index in [0.29, 0.717) is 17.3 Å². The molecule has 5 aromatic rings. The van der Waals surface area contributed by atoms with E-state index in [1.165, 1.54) is 22.6 Å². The van der Waals surface area contributed by atoms with Gasteiger partial charge in [-0.2, -0.15) is 0 Å². The predicted octanol–water partition coefficient (Wildman–Crippen LogP) is 7.27. The lowest BCUT2D eigenvalue weighted by Crippen LogP contribution is -2.35. The van der Waals surface area contributed by atoms with E-state index >= 15 is 0 Å². The summed E-state index contributed by atoms with van der Waals surface area (Å²) in [4.78, 5) is 22.3. The fourth-order valence-corrected chi connectivity index (χ4v) is 8.32. The smallest absolute Gasteiger partial charge is 0.261 e.